The van der Waals surface area contributed by atoms with E-state index in [2.05, 4.69) is 10.2 Å². The second kappa shape index (κ2) is 7.87. The molecule has 1 aromatic carbocycles. The molecule has 2 atom stereocenters. The fourth-order valence-electron chi connectivity index (χ4n) is 3.56. The van der Waals surface area contributed by atoms with Crippen LogP contribution in [-0.4, -0.2) is 68.0 Å². The van der Waals surface area contributed by atoms with E-state index in [0.717, 1.165) is 50.5 Å². The Balaban J connectivity index is 1.39. The third-order valence-electron chi connectivity index (χ3n) is 5.21. The number of nitrogens with zero attached hydrogens (tertiary/aromatic N) is 2. The quantitative estimate of drug-likeness (QED) is 0.838. The zero-order valence-electron chi connectivity index (χ0n) is 15.0. The summed E-state index contributed by atoms with van der Waals surface area (Å²) in [6.45, 7) is 6.43. The van der Waals surface area contributed by atoms with Crippen LogP contribution in [0, 0.1) is 5.92 Å². The number of amides is 2. The van der Waals surface area contributed by atoms with Gasteiger partial charge >= 0.3 is 0 Å². The van der Waals surface area contributed by atoms with Gasteiger partial charge in [0, 0.05) is 52.1 Å². The second-order valence-corrected chi connectivity index (χ2v) is 6.83. The topological polar surface area (TPSA) is 61.9 Å². The van der Waals surface area contributed by atoms with Crippen molar-refractivity contribution >= 4 is 11.8 Å². The van der Waals surface area contributed by atoms with Crippen LogP contribution in [0.5, 0.6) is 5.75 Å². The molecule has 1 saturated heterocycles. The lowest BCUT2D eigenvalue weighted by Gasteiger charge is -2.34. The molecule has 1 heterocycles. The van der Waals surface area contributed by atoms with E-state index in [0.29, 0.717) is 6.54 Å². The highest BCUT2D eigenvalue weighted by atomic mass is 16.5. The van der Waals surface area contributed by atoms with Gasteiger partial charge in [-0.2, -0.15) is 0 Å². The van der Waals surface area contributed by atoms with Crippen LogP contribution in [0.3, 0.4) is 0 Å². The number of benzene rings is 1. The van der Waals surface area contributed by atoms with Crippen molar-refractivity contribution < 1.29 is 14.3 Å². The third kappa shape index (κ3) is 4.31. The van der Waals surface area contributed by atoms with Gasteiger partial charge in [-0.05, 0) is 24.0 Å². The van der Waals surface area contributed by atoms with Gasteiger partial charge in [-0.1, -0.05) is 18.2 Å². The van der Waals surface area contributed by atoms with E-state index >= 15 is 0 Å². The third-order valence-corrected chi connectivity index (χ3v) is 5.21. The number of piperazine rings is 1. The first-order valence-corrected chi connectivity index (χ1v) is 8.98. The summed E-state index contributed by atoms with van der Waals surface area (Å²) in [6, 6.07) is 7.94. The van der Waals surface area contributed by atoms with E-state index < -0.39 is 0 Å². The maximum Gasteiger partial charge on any atom is 0.223 e. The average Bonchev–Trinajstić information content (AvgIpc) is 3.42. The van der Waals surface area contributed by atoms with E-state index in [-0.39, 0.29) is 23.7 Å². The van der Waals surface area contributed by atoms with E-state index in [9.17, 15) is 9.59 Å². The fraction of sp³-hybridized carbons (Fsp3) is 0.579. The number of carbonyl (C=O) groups is 2. The largest absolute Gasteiger partial charge is 0.496 e. The minimum Gasteiger partial charge on any atom is -0.496 e. The number of methoxy groups -OCH3 is 1. The Labute approximate surface area is 149 Å². The van der Waals surface area contributed by atoms with Gasteiger partial charge in [-0.25, -0.2) is 0 Å². The molecule has 2 amide bonds. The second-order valence-electron chi connectivity index (χ2n) is 6.83. The van der Waals surface area contributed by atoms with Gasteiger partial charge in [-0.15, -0.1) is 0 Å². The lowest BCUT2D eigenvalue weighted by Crippen LogP contribution is -2.49. The van der Waals surface area contributed by atoms with Crippen LogP contribution in [0.1, 0.15) is 24.8 Å². The predicted octanol–water partition coefficient (Wildman–Crippen LogP) is 1.08. The van der Waals surface area contributed by atoms with E-state index in [4.69, 9.17) is 4.74 Å². The van der Waals surface area contributed by atoms with Crippen LogP contribution in [0.25, 0.3) is 0 Å². The minimum absolute atomic E-state index is 0.0610. The lowest BCUT2D eigenvalue weighted by atomic mass is 10.1. The average molecular weight is 345 g/mol. The Morgan fingerprint density at radius 1 is 1.20 bits per heavy atom. The van der Waals surface area contributed by atoms with Crippen LogP contribution in [0.15, 0.2) is 24.3 Å². The van der Waals surface area contributed by atoms with Crippen LogP contribution >= 0.6 is 0 Å². The standard InChI is InChI=1S/C19H27N3O3/c1-14(23)22-11-9-21(10-12-22)8-7-20-19(24)17-13-16(17)15-5-3-4-6-18(15)25-2/h3-6,16-17H,7-13H2,1-2H3,(H,20,24)/t16-,17-/m0/s1. The van der Waals surface area contributed by atoms with Gasteiger partial charge in [0.2, 0.25) is 11.8 Å². The molecule has 25 heavy (non-hydrogen) atoms. The molecule has 136 valence electrons. The molecule has 1 aliphatic heterocycles. The molecule has 0 spiro atoms. The molecule has 0 radical (unpaired) electrons. The normalized spacial score (nSPS) is 23.2. The summed E-state index contributed by atoms with van der Waals surface area (Å²) in [4.78, 5) is 27.8. The summed E-state index contributed by atoms with van der Waals surface area (Å²) in [7, 11) is 1.67. The van der Waals surface area contributed by atoms with Crippen LogP contribution in [-0.2, 0) is 9.59 Å². The molecule has 1 aromatic rings. The van der Waals surface area contributed by atoms with Gasteiger partial charge in [0.25, 0.3) is 0 Å². The molecule has 1 saturated carbocycles. The zero-order valence-corrected chi connectivity index (χ0v) is 15.0. The summed E-state index contributed by atoms with van der Waals surface area (Å²) in [5.74, 6) is 1.48. The molecular formula is C19H27N3O3. The first-order valence-electron chi connectivity index (χ1n) is 8.98. The molecule has 0 aromatic heterocycles. The molecule has 1 aliphatic carbocycles. The lowest BCUT2D eigenvalue weighted by molar-refractivity contribution is -0.130. The maximum absolute atomic E-state index is 12.3. The van der Waals surface area contributed by atoms with Crippen molar-refractivity contribution in [3.63, 3.8) is 0 Å². The molecule has 3 rings (SSSR count). The van der Waals surface area contributed by atoms with Crippen molar-refractivity contribution in [2.45, 2.75) is 19.3 Å². The first kappa shape index (κ1) is 17.7. The van der Waals surface area contributed by atoms with Gasteiger partial charge in [0.1, 0.15) is 5.75 Å². The van der Waals surface area contributed by atoms with Crippen LogP contribution in [0.4, 0.5) is 0 Å². The fourth-order valence-corrected chi connectivity index (χ4v) is 3.56. The Morgan fingerprint density at radius 3 is 2.60 bits per heavy atom. The molecule has 1 N–H and O–H groups in total. The summed E-state index contributed by atoms with van der Waals surface area (Å²) >= 11 is 0. The predicted molar refractivity (Wildman–Crippen MR) is 95.5 cm³/mol. The Bertz CT molecular complexity index is 626. The van der Waals surface area contributed by atoms with Crippen LogP contribution < -0.4 is 10.1 Å². The summed E-state index contributed by atoms with van der Waals surface area (Å²) in [5, 5.41) is 3.06. The highest BCUT2D eigenvalue weighted by Gasteiger charge is 2.45. The van der Waals surface area contributed by atoms with Gasteiger partial charge in [-0.3, -0.25) is 14.5 Å². The van der Waals surface area contributed by atoms with Crippen molar-refractivity contribution in [3.8, 4) is 5.75 Å². The van der Waals surface area contributed by atoms with Crippen LogP contribution in [0.2, 0.25) is 0 Å². The minimum atomic E-state index is 0.0610. The highest BCUT2D eigenvalue weighted by Crippen LogP contribution is 2.50. The van der Waals surface area contributed by atoms with Crippen molar-refractivity contribution in [2.75, 3.05) is 46.4 Å². The van der Waals surface area contributed by atoms with E-state index in [1.54, 1.807) is 14.0 Å². The monoisotopic (exact) mass is 345 g/mol. The van der Waals surface area contributed by atoms with Crippen molar-refractivity contribution in [3.05, 3.63) is 29.8 Å². The van der Waals surface area contributed by atoms with E-state index in [1.807, 2.05) is 29.2 Å². The SMILES string of the molecule is COc1ccccc1[C@@H]1C[C@@H]1C(=O)NCCN1CCN(C(C)=O)CC1. The summed E-state index contributed by atoms with van der Waals surface area (Å²) in [6.07, 6.45) is 0.892. The van der Waals surface area contributed by atoms with Crippen molar-refractivity contribution in [2.24, 2.45) is 5.92 Å². The Hall–Kier alpha value is -2.08. The number of rotatable bonds is 6. The van der Waals surface area contributed by atoms with Gasteiger partial charge < -0.3 is 15.0 Å². The molecule has 6 heteroatoms. The van der Waals surface area contributed by atoms with Gasteiger partial charge in [0.15, 0.2) is 0 Å². The Morgan fingerprint density at radius 2 is 1.92 bits per heavy atom. The molecule has 2 aliphatic rings. The molecule has 0 bridgehead atoms. The number of ether oxygens (including phenoxy) is 1. The molecule has 0 unspecified atom stereocenters. The first-order chi connectivity index (χ1) is 12.1. The number of hydrogen-bond acceptors (Lipinski definition) is 4. The Kier molecular flexibility index (Phi) is 5.58. The van der Waals surface area contributed by atoms with Gasteiger partial charge in [0.05, 0.1) is 7.11 Å². The zero-order chi connectivity index (χ0) is 17.8. The van der Waals surface area contributed by atoms with E-state index in [1.165, 1.54) is 0 Å². The van der Waals surface area contributed by atoms with Crippen molar-refractivity contribution in [1.82, 2.24) is 15.1 Å². The molecule has 2 fully saturated rings. The summed E-state index contributed by atoms with van der Waals surface area (Å²) in [5.41, 5.74) is 1.13. The number of carbonyl (C=O) groups excluding carboxylic acids is 2. The van der Waals surface area contributed by atoms with Crippen molar-refractivity contribution in [1.29, 1.82) is 0 Å². The smallest absolute Gasteiger partial charge is 0.223 e. The number of para-hydroxylation sites is 1. The molecule has 6 nitrogen and oxygen atoms in total. The number of nitrogens with one attached hydrogen (secondary N) is 1. The number of hydrogen-bond donors (Lipinski definition) is 1. The highest BCUT2D eigenvalue weighted by molar-refractivity contribution is 5.83. The molecular weight excluding hydrogens is 318 g/mol. The maximum atomic E-state index is 12.3. The summed E-state index contributed by atoms with van der Waals surface area (Å²) < 4.78 is 5.39.